The van der Waals surface area contributed by atoms with E-state index < -0.39 is 85.1 Å². The first-order valence-electron chi connectivity index (χ1n) is 17.0. The van der Waals surface area contributed by atoms with Crippen molar-refractivity contribution in [2.24, 2.45) is 0 Å². The largest absolute Gasteiger partial charge is 0.455 e. The van der Waals surface area contributed by atoms with E-state index in [1.54, 1.807) is 113 Å². The number of benzene rings is 3. The van der Waals surface area contributed by atoms with Crippen molar-refractivity contribution < 1.29 is 57.0 Å². The monoisotopic (exact) mass is 715 g/mol. The van der Waals surface area contributed by atoms with Gasteiger partial charge >= 0.3 is 17.9 Å². The summed E-state index contributed by atoms with van der Waals surface area (Å²) in [7, 11) is 1.50. The Morgan fingerprint density at radius 3 is 1.85 bits per heavy atom. The summed E-state index contributed by atoms with van der Waals surface area (Å²) in [5.74, 6) is -3.25. The Kier molecular flexibility index (Phi) is 11.4. The zero-order valence-electron chi connectivity index (χ0n) is 29.4. The normalized spacial score (nSPS) is 30.7. The Morgan fingerprint density at radius 1 is 0.692 bits per heavy atom. The highest BCUT2D eigenvalue weighted by Gasteiger charge is 2.58. The van der Waals surface area contributed by atoms with E-state index in [0.717, 1.165) is 0 Å². The van der Waals surface area contributed by atoms with Gasteiger partial charge in [-0.15, -0.1) is 0 Å². The fraction of sp³-hybridized carbons (Fsp3) is 0.436. The molecule has 0 bridgehead atoms. The Morgan fingerprint density at radius 2 is 1.23 bits per heavy atom. The number of hydrogen-bond donors (Lipinski definition) is 0. The maximum Gasteiger partial charge on any atom is 0.338 e. The zero-order valence-corrected chi connectivity index (χ0v) is 29.4. The molecule has 0 radical (unpaired) electrons. The lowest BCUT2D eigenvalue weighted by atomic mass is 9.96. The second-order valence-corrected chi connectivity index (χ2v) is 13.2. The minimum atomic E-state index is -1.47. The molecule has 3 aliphatic rings. The van der Waals surface area contributed by atoms with Gasteiger partial charge in [0.05, 0.1) is 41.4 Å². The van der Waals surface area contributed by atoms with E-state index in [4.69, 9.17) is 42.6 Å². The minimum absolute atomic E-state index is 0.210. The van der Waals surface area contributed by atoms with Crippen LogP contribution >= 0.6 is 0 Å². The van der Waals surface area contributed by atoms with E-state index in [0.29, 0.717) is 11.1 Å². The number of hydrogen-bond acceptors (Lipinski definition) is 13. The van der Waals surface area contributed by atoms with Gasteiger partial charge in [0.2, 0.25) is 0 Å². The molecule has 13 heteroatoms. The van der Waals surface area contributed by atoms with Crippen LogP contribution < -0.4 is 0 Å². The van der Waals surface area contributed by atoms with E-state index >= 15 is 0 Å². The van der Waals surface area contributed by atoms with Crippen molar-refractivity contribution in [2.45, 2.75) is 101 Å². The van der Waals surface area contributed by atoms with Crippen LogP contribution in [0.1, 0.15) is 59.5 Å². The van der Waals surface area contributed by atoms with Crippen LogP contribution in [-0.2, 0) is 53.8 Å². The molecule has 0 amide bonds. The van der Waals surface area contributed by atoms with Crippen molar-refractivity contribution in [3.05, 3.63) is 107 Å². The molecule has 0 N–H and O–H groups in total. The first-order valence-corrected chi connectivity index (χ1v) is 17.0. The Labute approximate surface area is 301 Å². The molecular formula is C39H41NO12. The summed E-state index contributed by atoms with van der Waals surface area (Å²) in [5, 5.41) is 9.58. The van der Waals surface area contributed by atoms with Gasteiger partial charge in [-0.1, -0.05) is 54.6 Å². The Bertz CT molecular complexity index is 1760. The van der Waals surface area contributed by atoms with Crippen molar-refractivity contribution in [1.82, 2.24) is 0 Å². The van der Waals surface area contributed by atoms with Crippen molar-refractivity contribution >= 4 is 17.9 Å². The highest BCUT2D eigenvalue weighted by molar-refractivity contribution is 5.90. The summed E-state index contributed by atoms with van der Waals surface area (Å²) < 4.78 is 55.2. The number of carbonyl (C=O) groups is 3. The molecule has 6 rings (SSSR count). The predicted octanol–water partition coefficient (Wildman–Crippen LogP) is 4.51. The van der Waals surface area contributed by atoms with Crippen LogP contribution in [0.3, 0.4) is 0 Å². The van der Waals surface area contributed by atoms with Crippen LogP contribution in [0, 0.1) is 11.3 Å². The van der Waals surface area contributed by atoms with E-state index in [2.05, 4.69) is 6.07 Å². The first kappa shape index (κ1) is 37.1. The molecule has 0 saturated carbocycles. The first-order chi connectivity index (χ1) is 25.0. The van der Waals surface area contributed by atoms with Crippen molar-refractivity contribution in [3.8, 4) is 6.07 Å². The molecule has 3 aliphatic heterocycles. The van der Waals surface area contributed by atoms with Gasteiger partial charge in [0, 0.05) is 7.11 Å². The lowest BCUT2D eigenvalue weighted by Crippen LogP contribution is -2.64. The summed E-state index contributed by atoms with van der Waals surface area (Å²) in [6.45, 7) is 6.92. The van der Waals surface area contributed by atoms with Crippen LogP contribution in [0.5, 0.6) is 0 Å². The molecule has 3 heterocycles. The van der Waals surface area contributed by atoms with Gasteiger partial charge < -0.3 is 42.6 Å². The number of ether oxygens (including phenoxy) is 9. The third-order valence-electron chi connectivity index (χ3n) is 9.06. The quantitative estimate of drug-likeness (QED) is 0.214. The number of nitrogens with zero attached hydrogens (tertiary/aromatic N) is 1. The standard InChI is InChI=1S/C39H41NO12/c1-22-29(47-28(41)20-26-18-12-13-19-27(26)21-40)31(48-35(42)24-14-8-6-9-15-24)33(49-36(43)25-16-10-7-11-17-25)38(46-22)50-30-23(2)45-37(44-5)34-32(30)51-39(3,4)52-34/h6-19,22-23,29-34,37-38H,20H2,1-5H3/t22-,23+,29+,30+,31+,32-,33-,34-,37-,38+/m1/s1. The number of esters is 3. The molecule has 3 fully saturated rings. The van der Waals surface area contributed by atoms with Crippen LogP contribution in [0.2, 0.25) is 0 Å². The molecule has 3 aromatic carbocycles. The average molecular weight is 716 g/mol. The van der Waals surface area contributed by atoms with Crippen LogP contribution in [-0.4, -0.2) is 92.2 Å². The summed E-state index contributed by atoms with van der Waals surface area (Å²) in [5.41, 5.74) is 1.17. The maximum atomic E-state index is 13.7. The van der Waals surface area contributed by atoms with Crippen molar-refractivity contribution in [1.29, 1.82) is 5.26 Å². The van der Waals surface area contributed by atoms with E-state index in [-0.39, 0.29) is 17.5 Å². The fourth-order valence-corrected chi connectivity index (χ4v) is 6.62. The number of rotatable bonds is 10. The van der Waals surface area contributed by atoms with E-state index in [1.807, 2.05) is 0 Å². The van der Waals surface area contributed by atoms with Gasteiger partial charge in [0.25, 0.3) is 0 Å². The molecule has 13 nitrogen and oxygen atoms in total. The molecular weight excluding hydrogens is 674 g/mol. The topological polar surface area (TPSA) is 158 Å². The highest BCUT2D eigenvalue weighted by atomic mass is 16.8. The third kappa shape index (κ3) is 8.18. The number of methoxy groups -OCH3 is 1. The van der Waals surface area contributed by atoms with Gasteiger partial charge in [0.1, 0.15) is 18.3 Å². The number of carbonyl (C=O) groups excluding carboxylic acids is 3. The summed E-state index contributed by atoms with van der Waals surface area (Å²) >= 11 is 0. The fourth-order valence-electron chi connectivity index (χ4n) is 6.62. The van der Waals surface area contributed by atoms with Crippen molar-refractivity contribution in [3.63, 3.8) is 0 Å². The lowest BCUT2D eigenvalue weighted by molar-refractivity contribution is -0.339. The third-order valence-corrected chi connectivity index (χ3v) is 9.06. The molecule has 0 aromatic heterocycles. The smallest absolute Gasteiger partial charge is 0.338 e. The molecule has 274 valence electrons. The molecule has 52 heavy (non-hydrogen) atoms. The minimum Gasteiger partial charge on any atom is -0.455 e. The highest BCUT2D eigenvalue weighted by Crippen LogP contribution is 2.41. The second-order valence-electron chi connectivity index (χ2n) is 13.2. The van der Waals surface area contributed by atoms with Crippen molar-refractivity contribution in [2.75, 3.05) is 7.11 Å². The van der Waals surface area contributed by atoms with Crippen LogP contribution in [0.25, 0.3) is 0 Å². The van der Waals surface area contributed by atoms with Gasteiger partial charge in [0.15, 0.2) is 36.7 Å². The molecule has 3 saturated heterocycles. The lowest BCUT2D eigenvalue weighted by Gasteiger charge is -2.47. The Hall–Kier alpha value is -4.68. The summed E-state index contributed by atoms with van der Waals surface area (Å²) in [6.07, 6.45) is -10.4. The zero-order chi connectivity index (χ0) is 37.0. The molecule has 0 spiro atoms. The number of fused-ring (bicyclic) bond motifs is 1. The second kappa shape index (κ2) is 15.9. The van der Waals surface area contributed by atoms with Gasteiger partial charge in [-0.05, 0) is 63.6 Å². The van der Waals surface area contributed by atoms with Crippen LogP contribution in [0.15, 0.2) is 84.9 Å². The maximum absolute atomic E-state index is 13.7. The predicted molar refractivity (Wildman–Crippen MR) is 180 cm³/mol. The van der Waals surface area contributed by atoms with E-state index in [1.165, 1.54) is 7.11 Å². The summed E-state index contributed by atoms with van der Waals surface area (Å²) in [6, 6.07) is 25.2. The van der Waals surface area contributed by atoms with Gasteiger partial charge in [-0.3, -0.25) is 4.79 Å². The molecule has 10 atom stereocenters. The molecule has 0 unspecified atom stereocenters. The SMILES string of the molecule is CO[C@@H]1O[C@@H](C)[C@H](O[C@@H]2O[C@H](C)[C@H](OC(=O)Cc3ccccc3C#N)[C@H](OC(=O)c3ccccc3)[C@H]2OC(=O)c2ccccc2)[C@H]2OC(C)(C)O[C@@H]12. The Balaban J connectivity index is 1.36. The van der Waals surface area contributed by atoms with Gasteiger partial charge in [-0.25, -0.2) is 9.59 Å². The summed E-state index contributed by atoms with van der Waals surface area (Å²) in [4.78, 5) is 40.9. The molecule has 3 aromatic rings. The average Bonchev–Trinajstić information content (AvgIpc) is 3.47. The molecule has 0 aliphatic carbocycles. The van der Waals surface area contributed by atoms with Crippen LogP contribution in [0.4, 0.5) is 0 Å². The van der Waals surface area contributed by atoms with Gasteiger partial charge in [-0.2, -0.15) is 5.26 Å². The van der Waals surface area contributed by atoms with E-state index in [9.17, 15) is 19.6 Å². The number of nitriles is 1.